The molecule has 3 aromatic rings. The predicted molar refractivity (Wildman–Crippen MR) is 172 cm³/mol. The highest BCUT2D eigenvalue weighted by atomic mass is 32.2. The Hall–Kier alpha value is -4.15. The second-order valence-corrected chi connectivity index (χ2v) is 14.8. The van der Waals surface area contributed by atoms with E-state index in [4.69, 9.17) is 14.7 Å². The van der Waals surface area contributed by atoms with Crippen LogP contribution in [0.3, 0.4) is 0 Å². The van der Waals surface area contributed by atoms with Crippen molar-refractivity contribution in [1.82, 2.24) is 9.03 Å². The number of sulfonamides is 2. The first kappa shape index (κ1) is 37.3. The Morgan fingerprint density at radius 3 is 1.91 bits per heavy atom. The molecule has 3 N–H and O–H groups in total. The van der Waals surface area contributed by atoms with E-state index in [2.05, 4.69) is 9.88 Å². The fraction of sp³-hybridized carbons (Fsp3) is 0.344. The summed E-state index contributed by atoms with van der Waals surface area (Å²) in [4.78, 5) is 22.7. The van der Waals surface area contributed by atoms with Crippen molar-refractivity contribution < 1.29 is 46.2 Å². The minimum atomic E-state index is -4.30. The normalized spacial score (nSPS) is 13.6. The number of nitrogens with zero attached hydrogens (tertiary/aromatic N) is 2. The molecule has 0 amide bonds. The van der Waals surface area contributed by atoms with E-state index in [1.54, 1.807) is 30.3 Å². The van der Waals surface area contributed by atoms with E-state index < -0.39 is 57.0 Å². The van der Waals surface area contributed by atoms with Crippen LogP contribution in [0.1, 0.15) is 50.7 Å². The molecule has 0 aliphatic heterocycles. The van der Waals surface area contributed by atoms with Crippen molar-refractivity contribution in [2.24, 2.45) is 11.1 Å². The third kappa shape index (κ3) is 11.0. The lowest BCUT2D eigenvalue weighted by molar-refractivity contribution is -0.186. The zero-order valence-corrected chi connectivity index (χ0v) is 28.0. The summed E-state index contributed by atoms with van der Waals surface area (Å²) in [5.74, 6) is -1.56. The second-order valence-electron chi connectivity index (χ2n) is 11.1. The van der Waals surface area contributed by atoms with E-state index in [0.29, 0.717) is 11.1 Å². The molecule has 0 spiro atoms. The van der Waals surface area contributed by atoms with Gasteiger partial charge in [0.15, 0.2) is 0 Å². The minimum Gasteiger partial charge on any atom is -0.421 e. The van der Waals surface area contributed by atoms with Crippen LogP contribution in [0, 0.1) is 5.92 Å². The second kappa shape index (κ2) is 16.6. The van der Waals surface area contributed by atoms with Gasteiger partial charge in [-0.15, -0.1) is 0 Å². The van der Waals surface area contributed by atoms with Crippen molar-refractivity contribution in [3.05, 3.63) is 95.6 Å². The summed E-state index contributed by atoms with van der Waals surface area (Å²) in [5.41, 5.74) is 1.38. The predicted octanol–water partition coefficient (Wildman–Crippen LogP) is 3.22. The van der Waals surface area contributed by atoms with Gasteiger partial charge in [-0.25, -0.2) is 21.6 Å². The Bertz CT molecular complexity index is 1710. The molecular weight excluding hydrogens is 650 g/mol. The number of carbonyl (C=O) groups is 2. The highest BCUT2D eigenvalue weighted by molar-refractivity contribution is 7.89. The monoisotopic (exact) mass is 689 g/mol. The number of aliphatic hydroxyl groups excluding tert-OH is 1. The molecule has 47 heavy (non-hydrogen) atoms. The van der Waals surface area contributed by atoms with Crippen LogP contribution >= 0.6 is 0 Å². The number of aliphatic hydroxyl groups is 1. The largest absolute Gasteiger partial charge is 0.421 e. The van der Waals surface area contributed by atoms with Gasteiger partial charge in [0.25, 0.3) is 6.29 Å². The highest BCUT2D eigenvalue weighted by Crippen LogP contribution is 2.23. The van der Waals surface area contributed by atoms with E-state index in [1.165, 1.54) is 48.5 Å². The summed E-state index contributed by atoms with van der Waals surface area (Å²) in [6, 6.07) is 18.4. The smallest absolute Gasteiger partial charge is 0.305 e. The Morgan fingerprint density at radius 2 is 1.40 bits per heavy atom. The van der Waals surface area contributed by atoms with Crippen LogP contribution in [0.25, 0.3) is 0 Å². The molecular formula is C32H39N3O10S2. The van der Waals surface area contributed by atoms with E-state index in [-0.39, 0.29) is 34.2 Å². The van der Waals surface area contributed by atoms with Gasteiger partial charge in [0.1, 0.15) is 0 Å². The average Bonchev–Trinajstić information content (AvgIpc) is 3.00. The van der Waals surface area contributed by atoms with Crippen LogP contribution in [-0.4, -0.2) is 74.8 Å². The molecule has 254 valence electrons. The molecule has 15 heteroatoms. The quantitative estimate of drug-likeness (QED) is 0.0662. The van der Waals surface area contributed by atoms with Crippen molar-refractivity contribution in [3.8, 4) is 0 Å². The zero-order chi connectivity index (χ0) is 34.8. The number of rotatable bonds is 16. The number of esters is 2. The maximum atomic E-state index is 13.7. The van der Waals surface area contributed by atoms with Crippen molar-refractivity contribution in [3.63, 3.8) is 0 Å². The zero-order valence-electron chi connectivity index (χ0n) is 26.4. The van der Waals surface area contributed by atoms with E-state index >= 15 is 0 Å². The van der Waals surface area contributed by atoms with E-state index in [1.807, 2.05) is 13.8 Å². The molecule has 0 saturated carbocycles. The standard InChI is InChI=1S/C32H39N3O10S2/c1-22(2)20-35(47(42,43)29-14-10-26(11-15-29)19-33-39)21-31(38)30(18-25-8-6-5-7-9-25)34-46(40,41)28-16-12-27(13-17-28)32(44-23(3)36)45-24(4)37/h5-17,19,22,30-32,34,38-39H,18,20-21H2,1-4H3/t30-,31-/m0/s1. The lowest BCUT2D eigenvalue weighted by Gasteiger charge is -2.30. The molecule has 0 fully saturated rings. The van der Waals surface area contributed by atoms with Gasteiger partial charge in [-0.2, -0.15) is 4.31 Å². The molecule has 0 heterocycles. The van der Waals surface area contributed by atoms with Gasteiger partial charge in [0, 0.05) is 32.5 Å². The first-order valence-corrected chi connectivity index (χ1v) is 17.5. The van der Waals surface area contributed by atoms with E-state index in [9.17, 15) is 31.5 Å². The summed E-state index contributed by atoms with van der Waals surface area (Å²) >= 11 is 0. The minimum absolute atomic E-state index is 0.0328. The summed E-state index contributed by atoms with van der Waals surface area (Å²) in [5, 5.41) is 23.2. The number of hydrogen-bond acceptors (Lipinski definition) is 11. The Labute approximate surface area is 274 Å². The van der Waals surface area contributed by atoms with Crippen LogP contribution in [0.15, 0.2) is 93.8 Å². The fourth-order valence-corrected chi connectivity index (χ4v) is 7.50. The van der Waals surface area contributed by atoms with Crippen molar-refractivity contribution in [2.45, 2.75) is 62.3 Å². The molecule has 0 saturated heterocycles. The summed E-state index contributed by atoms with van der Waals surface area (Å²) in [6.07, 6.45) is -1.69. The molecule has 0 unspecified atom stereocenters. The first-order chi connectivity index (χ1) is 22.1. The average molecular weight is 690 g/mol. The van der Waals surface area contributed by atoms with Gasteiger partial charge < -0.3 is 19.8 Å². The van der Waals surface area contributed by atoms with Crippen LogP contribution < -0.4 is 4.72 Å². The fourth-order valence-electron chi connectivity index (χ4n) is 4.61. The lowest BCUT2D eigenvalue weighted by atomic mass is 10.0. The van der Waals surface area contributed by atoms with Crippen LogP contribution in [0.4, 0.5) is 0 Å². The van der Waals surface area contributed by atoms with Gasteiger partial charge in [-0.05, 0) is 47.7 Å². The number of nitrogens with one attached hydrogen (secondary N) is 1. The Kier molecular flexibility index (Phi) is 13.2. The summed E-state index contributed by atoms with van der Waals surface area (Å²) in [6.45, 7) is 5.52. The molecule has 0 aromatic heterocycles. The molecule has 0 aliphatic rings. The van der Waals surface area contributed by atoms with Gasteiger partial charge >= 0.3 is 11.9 Å². The third-order valence-corrected chi connectivity index (χ3v) is 10.1. The van der Waals surface area contributed by atoms with E-state index in [0.717, 1.165) is 24.4 Å². The van der Waals surface area contributed by atoms with Crippen molar-refractivity contribution in [1.29, 1.82) is 0 Å². The molecule has 3 aromatic carbocycles. The van der Waals surface area contributed by atoms with Gasteiger partial charge in [-0.1, -0.05) is 73.6 Å². The Morgan fingerprint density at radius 1 is 0.851 bits per heavy atom. The SMILES string of the molecule is CC(=O)OC(OC(C)=O)c1ccc(S(=O)(=O)N[C@@H](Cc2ccccc2)[C@@H](O)CN(CC(C)C)S(=O)(=O)c2ccc(C=NO)cc2)cc1. The van der Waals surface area contributed by atoms with Crippen LogP contribution in [0.2, 0.25) is 0 Å². The number of ether oxygens (including phenoxy) is 2. The van der Waals surface area contributed by atoms with Gasteiger partial charge in [0.2, 0.25) is 20.0 Å². The molecule has 0 bridgehead atoms. The molecule has 13 nitrogen and oxygen atoms in total. The topological polar surface area (TPSA) is 189 Å². The highest BCUT2D eigenvalue weighted by Gasteiger charge is 2.33. The molecule has 2 atom stereocenters. The number of benzene rings is 3. The molecule has 3 rings (SSSR count). The van der Waals surface area contributed by atoms with Crippen LogP contribution in [0.5, 0.6) is 0 Å². The summed E-state index contributed by atoms with van der Waals surface area (Å²) < 4.78 is 68.3. The first-order valence-electron chi connectivity index (χ1n) is 14.6. The maximum absolute atomic E-state index is 13.7. The van der Waals surface area contributed by atoms with Crippen molar-refractivity contribution in [2.75, 3.05) is 13.1 Å². The third-order valence-electron chi connectivity index (χ3n) is 6.76. The molecule has 0 radical (unpaired) electrons. The number of carbonyl (C=O) groups excluding carboxylic acids is 2. The van der Waals surface area contributed by atoms with Crippen molar-refractivity contribution >= 4 is 38.2 Å². The van der Waals surface area contributed by atoms with Gasteiger partial charge in [-0.3, -0.25) is 9.59 Å². The Balaban J connectivity index is 1.93. The van der Waals surface area contributed by atoms with Crippen LogP contribution in [-0.2, 0) is 45.5 Å². The number of hydrogen-bond donors (Lipinski definition) is 3. The lowest BCUT2D eigenvalue weighted by Crippen LogP contribution is -2.51. The summed E-state index contributed by atoms with van der Waals surface area (Å²) in [7, 11) is -8.43. The maximum Gasteiger partial charge on any atom is 0.305 e. The molecule has 0 aliphatic carbocycles. The number of oxime groups is 1. The van der Waals surface area contributed by atoms with Gasteiger partial charge in [0.05, 0.1) is 28.2 Å².